The van der Waals surface area contributed by atoms with Crippen molar-refractivity contribution in [2.24, 2.45) is 5.92 Å². The van der Waals surface area contributed by atoms with Gasteiger partial charge in [0.1, 0.15) is 11.5 Å². The van der Waals surface area contributed by atoms with Gasteiger partial charge in [0.05, 0.1) is 25.1 Å². The molecule has 0 atom stereocenters. The summed E-state index contributed by atoms with van der Waals surface area (Å²) in [7, 11) is 7.62. The van der Waals surface area contributed by atoms with E-state index < -0.39 is 0 Å². The summed E-state index contributed by atoms with van der Waals surface area (Å²) in [6.07, 6.45) is 3.29. The van der Waals surface area contributed by atoms with Crippen molar-refractivity contribution < 1.29 is 19.1 Å². The molecule has 0 aliphatic carbocycles. The molecular weight excluding hydrogens is 504 g/mol. The number of rotatable bonds is 14. The molecule has 1 N–H and O–H groups in total. The minimum Gasteiger partial charge on any atom is -0.496 e. The Morgan fingerprint density at radius 2 is 1.75 bits per heavy atom. The summed E-state index contributed by atoms with van der Waals surface area (Å²) < 4.78 is 11.5. The molecule has 0 aliphatic rings. The maximum atomic E-state index is 13.2. The van der Waals surface area contributed by atoms with Gasteiger partial charge in [-0.05, 0) is 68.6 Å². The lowest BCUT2D eigenvalue weighted by atomic mass is 10.0. The van der Waals surface area contributed by atoms with Crippen LogP contribution in [0.25, 0.3) is 0 Å². The zero-order chi connectivity index (χ0) is 29.2. The van der Waals surface area contributed by atoms with E-state index in [-0.39, 0.29) is 11.7 Å². The van der Waals surface area contributed by atoms with E-state index >= 15 is 0 Å². The van der Waals surface area contributed by atoms with Crippen molar-refractivity contribution in [3.8, 4) is 11.5 Å². The van der Waals surface area contributed by atoms with Crippen molar-refractivity contribution >= 4 is 23.1 Å². The Morgan fingerprint density at radius 1 is 1.02 bits per heavy atom. The number of hydrogen-bond acceptors (Lipinski definition) is 7. The molecular formula is C32H40N4O4. The average Bonchev–Trinajstić information content (AvgIpc) is 2.94. The molecule has 1 aromatic heterocycles. The molecule has 212 valence electrons. The number of carbonyl (C=O) groups excluding carboxylic acids is 2. The smallest absolute Gasteiger partial charge is 0.247 e. The maximum Gasteiger partial charge on any atom is 0.247 e. The van der Waals surface area contributed by atoms with Gasteiger partial charge in [-0.25, -0.2) is 0 Å². The molecule has 1 amide bonds. The van der Waals surface area contributed by atoms with Gasteiger partial charge in [-0.15, -0.1) is 0 Å². The summed E-state index contributed by atoms with van der Waals surface area (Å²) in [5.41, 5.74) is 4.13. The van der Waals surface area contributed by atoms with Crippen molar-refractivity contribution in [1.82, 2.24) is 9.88 Å². The van der Waals surface area contributed by atoms with Gasteiger partial charge in [-0.2, -0.15) is 0 Å². The molecule has 2 aromatic carbocycles. The Bertz CT molecular complexity index is 1320. The van der Waals surface area contributed by atoms with Crippen LogP contribution in [0.15, 0.2) is 67.4 Å². The molecule has 8 nitrogen and oxygen atoms in total. The normalized spacial score (nSPS) is 10.9. The van der Waals surface area contributed by atoms with Crippen LogP contribution >= 0.6 is 0 Å². The van der Waals surface area contributed by atoms with E-state index in [9.17, 15) is 9.59 Å². The SMILES string of the molecule is C=CC(=O)Nc1cc(Cc2cc(C(=O)c3ccc(OCC(C)C)cc3)ccn2)c(OC)cc1N(C)CCN(C)C. The molecule has 0 radical (unpaired) electrons. The van der Waals surface area contributed by atoms with Gasteiger partial charge in [-0.3, -0.25) is 14.6 Å². The van der Waals surface area contributed by atoms with Crippen molar-refractivity contribution in [2.45, 2.75) is 20.3 Å². The summed E-state index contributed by atoms with van der Waals surface area (Å²) in [4.78, 5) is 34.1. The van der Waals surface area contributed by atoms with Crippen molar-refractivity contribution in [3.63, 3.8) is 0 Å². The molecule has 0 bridgehead atoms. The van der Waals surface area contributed by atoms with E-state index in [1.165, 1.54) is 6.08 Å². The van der Waals surface area contributed by atoms with E-state index in [4.69, 9.17) is 9.47 Å². The Labute approximate surface area is 237 Å². The summed E-state index contributed by atoms with van der Waals surface area (Å²) >= 11 is 0. The molecule has 0 fully saturated rings. The van der Waals surface area contributed by atoms with Crippen LogP contribution in [0.2, 0.25) is 0 Å². The highest BCUT2D eigenvalue weighted by molar-refractivity contribution is 6.09. The fourth-order valence-corrected chi connectivity index (χ4v) is 4.06. The summed E-state index contributed by atoms with van der Waals surface area (Å²) in [5.74, 6) is 1.43. The monoisotopic (exact) mass is 544 g/mol. The molecule has 3 rings (SSSR count). The first-order valence-corrected chi connectivity index (χ1v) is 13.3. The highest BCUT2D eigenvalue weighted by Crippen LogP contribution is 2.35. The van der Waals surface area contributed by atoms with Gasteiger partial charge in [0, 0.05) is 61.2 Å². The molecule has 0 saturated carbocycles. The number of likely N-dealkylation sites (N-methyl/N-ethyl adjacent to an activating group) is 2. The topological polar surface area (TPSA) is 84.0 Å². The minimum absolute atomic E-state index is 0.0946. The number of hydrogen-bond donors (Lipinski definition) is 1. The summed E-state index contributed by atoms with van der Waals surface area (Å²) in [5, 5.41) is 2.92. The second-order valence-electron chi connectivity index (χ2n) is 10.4. The van der Waals surface area contributed by atoms with Gasteiger partial charge in [0.25, 0.3) is 0 Å². The van der Waals surface area contributed by atoms with E-state index in [0.717, 1.165) is 30.1 Å². The molecule has 1 heterocycles. The lowest BCUT2D eigenvalue weighted by Gasteiger charge is -2.26. The van der Waals surface area contributed by atoms with E-state index in [1.54, 1.807) is 37.6 Å². The Kier molecular flexibility index (Phi) is 10.8. The van der Waals surface area contributed by atoms with Crippen molar-refractivity contribution in [3.05, 3.63) is 89.8 Å². The highest BCUT2D eigenvalue weighted by Gasteiger charge is 2.17. The van der Waals surface area contributed by atoms with Gasteiger partial charge >= 0.3 is 0 Å². The van der Waals surface area contributed by atoms with Crippen LogP contribution in [0.3, 0.4) is 0 Å². The number of benzene rings is 2. The van der Waals surface area contributed by atoms with E-state index in [2.05, 4.69) is 40.5 Å². The van der Waals surface area contributed by atoms with Gasteiger partial charge in [0.2, 0.25) is 5.91 Å². The van der Waals surface area contributed by atoms with E-state index in [0.29, 0.717) is 47.2 Å². The van der Waals surface area contributed by atoms with Crippen LogP contribution in [0.4, 0.5) is 11.4 Å². The third-order valence-electron chi connectivity index (χ3n) is 6.29. The zero-order valence-corrected chi connectivity index (χ0v) is 24.4. The van der Waals surface area contributed by atoms with E-state index in [1.807, 2.05) is 45.4 Å². The number of methoxy groups -OCH3 is 1. The van der Waals surface area contributed by atoms with Crippen molar-refractivity contribution in [1.29, 1.82) is 0 Å². The molecule has 8 heteroatoms. The molecule has 0 unspecified atom stereocenters. The second-order valence-corrected chi connectivity index (χ2v) is 10.4. The van der Waals surface area contributed by atoms with Crippen LogP contribution < -0.4 is 19.7 Å². The van der Waals surface area contributed by atoms with Crippen LogP contribution in [-0.2, 0) is 11.2 Å². The van der Waals surface area contributed by atoms with Crippen molar-refractivity contribution in [2.75, 3.05) is 58.2 Å². The van der Waals surface area contributed by atoms with Crippen LogP contribution in [0, 0.1) is 5.92 Å². The predicted octanol–water partition coefficient (Wildman–Crippen LogP) is 5.07. The first-order chi connectivity index (χ1) is 19.1. The maximum absolute atomic E-state index is 13.2. The lowest BCUT2D eigenvalue weighted by Crippen LogP contribution is -2.29. The molecule has 0 spiro atoms. The Balaban J connectivity index is 1.87. The second kappa shape index (κ2) is 14.3. The first-order valence-electron chi connectivity index (χ1n) is 13.3. The largest absolute Gasteiger partial charge is 0.496 e. The predicted molar refractivity (Wildman–Crippen MR) is 161 cm³/mol. The number of carbonyl (C=O) groups is 2. The summed E-state index contributed by atoms with van der Waals surface area (Å²) in [6.45, 7) is 9.98. The Hall–Kier alpha value is -4.17. The number of anilines is 2. The molecule has 40 heavy (non-hydrogen) atoms. The van der Waals surface area contributed by atoms with Crippen LogP contribution in [-0.4, -0.2) is 69.5 Å². The number of ketones is 1. The quantitative estimate of drug-likeness (QED) is 0.224. The number of aromatic nitrogens is 1. The number of amides is 1. The molecule has 0 saturated heterocycles. The fraction of sp³-hybridized carbons (Fsp3) is 0.344. The third-order valence-corrected chi connectivity index (χ3v) is 6.29. The average molecular weight is 545 g/mol. The molecule has 0 aliphatic heterocycles. The first kappa shape index (κ1) is 30.4. The van der Waals surface area contributed by atoms with Crippen LogP contribution in [0.5, 0.6) is 11.5 Å². The van der Waals surface area contributed by atoms with Gasteiger partial charge in [0.15, 0.2) is 5.78 Å². The number of nitrogens with zero attached hydrogens (tertiary/aromatic N) is 3. The zero-order valence-electron chi connectivity index (χ0n) is 24.4. The summed E-state index contributed by atoms with van der Waals surface area (Å²) in [6, 6.07) is 14.5. The van der Waals surface area contributed by atoms with Gasteiger partial charge < -0.3 is 24.6 Å². The number of nitrogens with one attached hydrogen (secondary N) is 1. The fourth-order valence-electron chi connectivity index (χ4n) is 4.06. The standard InChI is InChI=1S/C32H40N4O4/c1-8-31(37)34-28-19-25(30(39-7)20-29(28)36(6)16-15-35(4)5)18-26-17-24(13-14-33-26)32(38)23-9-11-27(12-10-23)40-21-22(2)3/h8-14,17,19-20,22H,1,15-16,18,21H2,2-7H3,(H,34,37). The van der Waals surface area contributed by atoms with Crippen LogP contribution in [0.1, 0.15) is 41.0 Å². The molecule has 3 aromatic rings. The number of ether oxygens (including phenoxy) is 2. The highest BCUT2D eigenvalue weighted by atomic mass is 16.5. The number of pyridine rings is 1. The Morgan fingerprint density at radius 3 is 2.38 bits per heavy atom. The minimum atomic E-state index is -0.301. The lowest BCUT2D eigenvalue weighted by molar-refractivity contribution is -0.111. The third kappa shape index (κ3) is 8.41. The van der Waals surface area contributed by atoms with Gasteiger partial charge in [-0.1, -0.05) is 20.4 Å².